The van der Waals surface area contributed by atoms with Crippen LogP contribution in [0.5, 0.6) is 0 Å². The molecule has 2 aromatic heterocycles. The van der Waals surface area contributed by atoms with E-state index >= 15 is 0 Å². The molecule has 2 heterocycles. The number of carbonyl (C=O) groups is 1. The first kappa shape index (κ1) is 16.3. The number of nitrogens with one attached hydrogen (secondary N) is 1. The maximum Gasteiger partial charge on any atom is 0.257 e. The van der Waals surface area contributed by atoms with E-state index in [1.807, 2.05) is 65.4 Å². The van der Waals surface area contributed by atoms with Crippen LogP contribution in [0.25, 0.3) is 21.8 Å². The second-order valence-corrected chi connectivity index (χ2v) is 6.12. The molecule has 130 valence electrons. The fraction of sp³-hybridized carbons (Fsp3) is 0.143. The summed E-state index contributed by atoms with van der Waals surface area (Å²) in [6.45, 7) is 1.29. The minimum absolute atomic E-state index is 0.144. The lowest BCUT2D eigenvalue weighted by molar-refractivity contribution is 0.102. The molecule has 0 spiro atoms. The topological polar surface area (TPSA) is 56.1 Å². The van der Waals surface area contributed by atoms with Crippen LogP contribution in [0.15, 0.2) is 67.0 Å². The van der Waals surface area contributed by atoms with E-state index < -0.39 is 0 Å². The molecule has 0 aliphatic carbocycles. The molecule has 0 bridgehead atoms. The van der Waals surface area contributed by atoms with Crippen molar-refractivity contribution in [2.75, 3.05) is 19.0 Å². The summed E-state index contributed by atoms with van der Waals surface area (Å²) in [6.07, 6.45) is 3.57. The van der Waals surface area contributed by atoms with Gasteiger partial charge in [0.15, 0.2) is 0 Å². The first-order chi connectivity index (χ1) is 12.8. The summed E-state index contributed by atoms with van der Waals surface area (Å²) in [6, 6.07) is 17.7. The lowest BCUT2D eigenvalue weighted by Crippen LogP contribution is -2.12. The fourth-order valence-electron chi connectivity index (χ4n) is 3.14. The summed E-state index contributed by atoms with van der Waals surface area (Å²) in [5.41, 5.74) is 3.25. The fourth-order valence-corrected chi connectivity index (χ4v) is 3.14. The summed E-state index contributed by atoms with van der Waals surface area (Å²) in [7, 11) is 1.67. The van der Waals surface area contributed by atoms with E-state index in [2.05, 4.69) is 10.3 Å². The van der Waals surface area contributed by atoms with Crippen molar-refractivity contribution in [1.29, 1.82) is 0 Å². The number of anilines is 1. The molecule has 1 amide bonds. The van der Waals surface area contributed by atoms with Crippen molar-refractivity contribution >= 4 is 33.4 Å². The van der Waals surface area contributed by atoms with E-state index in [0.717, 1.165) is 21.8 Å². The Morgan fingerprint density at radius 2 is 1.96 bits per heavy atom. The molecule has 0 aliphatic rings. The monoisotopic (exact) mass is 345 g/mol. The highest BCUT2D eigenvalue weighted by molar-refractivity contribution is 6.13. The quantitative estimate of drug-likeness (QED) is 0.593. The third-order valence-corrected chi connectivity index (χ3v) is 4.42. The van der Waals surface area contributed by atoms with E-state index in [-0.39, 0.29) is 5.91 Å². The highest BCUT2D eigenvalue weighted by Crippen LogP contribution is 2.23. The number of hydrogen-bond acceptors (Lipinski definition) is 3. The molecule has 0 fully saturated rings. The van der Waals surface area contributed by atoms with Crippen LogP contribution in [-0.2, 0) is 11.3 Å². The van der Waals surface area contributed by atoms with Crippen LogP contribution in [0, 0.1) is 0 Å². The van der Waals surface area contributed by atoms with E-state index in [4.69, 9.17) is 4.74 Å². The zero-order valence-electron chi connectivity index (χ0n) is 14.5. The van der Waals surface area contributed by atoms with Crippen LogP contribution in [0.2, 0.25) is 0 Å². The molecule has 5 heteroatoms. The Labute approximate surface area is 151 Å². The maximum absolute atomic E-state index is 12.9. The summed E-state index contributed by atoms with van der Waals surface area (Å²) in [5, 5.41) is 4.89. The van der Waals surface area contributed by atoms with Gasteiger partial charge in [-0.1, -0.05) is 36.4 Å². The van der Waals surface area contributed by atoms with Gasteiger partial charge in [-0.05, 0) is 18.2 Å². The predicted octanol–water partition coefficient (Wildman–Crippen LogP) is 4.09. The lowest BCUT2D eigenvalue weighted by atomic mass is 10.1. The molecule has 4 aromatic rings. The van der Waals surface area contributed by atoms with Gasteiger partial charge in [-0.2, -0.15) is 0 Å². The van der Waals surface area contributed by atoms with Gasteiger partial charge in [-0.15, -0.1) is 0 Å². The molecule has 1 N–H and O–H groups in total. The molecule has 2 aromatic carbocycles. The third-order valence-electron chi connectivity index (χ3n) is 4.42. The largest absolute Gasteiger partial charge is 0.383 e. The Bertz CT molecular complexity index is 1080. The van der Waals surface area contributed by atoms with Crippen molar-refractivity contribution in [3.63, 3.8) is 0 Å². The van der Waals surface area contributed by atoms with Gasteiger partial charge in [0, 0.05) is 36.1 Å². The lowest BCUT2D eigenvalue weighted by Gasteiger charge is -2.05. The van der Waals surface area contributed by atoms with Crippen LogP contribution in [0.1, 0.15) is 10.4 Å². The van der Waals surface area contributed by atoms with Crippen LogP contribution in [0.3, 0.4) is 0 Å². The number of hydrogen-bond donors (Lipinski definition) is 1. The minimum atomic E-state index is -0.144. The SMILES string of the molecule is COCCn1cc(C(=O)Nc2cnc3ccccc3c2)c2ccccc21. The van der Waals surface area contributed by atoms with Crippen molar-refractivity contribution in [3.05, 3.63) is 72.6 Å². The smallest absolute Gasteiger partial charge is 0.257 e. The van der Waals surface area contributed by atoms with Gasteiger partial charge in [0.1, 0.15) is 0 Å². The first-order valence-corrected chi connectivity index (χ1v) is 8.49. The molecule has 5 nitrogen and oxygen atoms in total. The number of para-hydroxylation sites is 2. The van der Waals surface area contributed by atoms with E-state index in [1.54, 1.807) is 13.3 Å². The molecule has 4 rings (SSSR count). The second-order valence-electron chi connectivity index (χ2n) is 6.12. The van der Waals surface area contributed by atoms with E-state index in [0.29, 0.717) is 24.4 Å². The highest BCUT2D eigenvalue weighted by Gasteiger charge is 2.15. The van der Waals surface area contributed by atoms with Crippen molar-refractivity contribution in [1.82, 2.24) is 9.55 Å². The first-order valence-electron chi connectivity index (χ1n) is 8.49. The predicted molar refractivity (Wildman–Crippen MR) is 104 cm³/mol. The second kappa shape index (κ2) is 6.98. The van der Waals surface area contributed by atoms with Crippen LogP contribution in [-0.4, -0.2) is 29.2 Å². The summed E-state index contributed by atoms with van der Waals surface area (Å²) in [4.78, 5) is 17.3. The van der Waals surface area contributed by atoms with Crippen molar-refractivity contribution in [3.8, 4) is 0 Å². The van der Waals surface area contributed by atoms with Crippen LogP contribution >= 0.6 is 0 Å². The molecule has 0 aliphatic heterocycles. The number of fused-ring (bicyclic) bond motifs is 2. The number of rotatable bonds is 5. The van der Waals surface area contributed by atoms with Gasteiger partial charge < -0.3 is 14.6 Å². The number of carbonyl (C=O) groups excluding carboxylic acids is 1. The van der Waals surface area contributed by atoms with Crippen LogP contribution in [0.4, 0.5) is 5.69 Å². The van der Waals surface area contributed by atoms with Gasteiger partial charge in [-0.3, -0.25) is 9.78 Å². The molecule has 0 saturated carbocycles. The minimum Gasteiger partial charge on any atom is -0.383 e. The molecule has 0 saturated heterocycles. The van der Waals surface area contributed by atoms with Crippen molar-refractivity contribution < 1.29 is 9.53 Å². The van der Waals surface area contributed by atoms with Gasteiger partial charge in [0.2, 0.25) is 0 Å². The number of nitrogens with zero attached hydrogens (tertiary/aromatic N) is 2. The summed E-state index contributed by atoms with van der Waals surface area (Å²) >= 11 is 0. The number of pyridine rings is 1. The molecule has 0 radical (unpaired) electrons. The van der Waals surface area contributed by atoms with Gasteiger partial charge in [0.25, 0.3) is 5.91 Å². The molecule has 0 atom stereocenters. The third kappa shape index (κ3) is 3.05. The Kier molecular flexibility index (Phi) is 4.37. The van der Waals surface area contributed by atoms with Crippen LogP contribution < -0.4 is 5.32 Å². The van der Waals surface area contributed by atoms with E-state index in [1.165, 1.54) is 0 Å². The average molecular weight is 345 g/mol. The van der Waals surface area contributed by atoms with Gasteiger partial charge >= 0.3 is 0 Å². The van der Waals surface area contributed by atoms with Crippen molar-refractivity contribution in [2.45, 2.75) is 6.54 Å². The highest BCUT2D eigenvalue weighted by atomic mass is 16.5. The van der Waals surface area contributed by atoms with Gasteiger partial charge in [-0.25, -0.2) is 0 Å². The molecule has 26 heavy (non-hydrogen) atoms. The maximum atomic E-state index is 12.9. The van der Waals surface area contributed by atoms with Crippen molar-refractivity contribution in [2.24, 2.45) is 0 Å². The summed E-state index contributed by atoms with van der Waals surface area (Å²) in [5.74, 6) is -0.144. The Hall–Kier alpha value is -3.18. The Balaban J connectivity index is 1.66. The number of benzene rings is 2. The zero-order valence-corrected chi connectivity index (χ0v) is 14.5. The zero-order chi connectivity index (χ0) is 17.9. The Morgan fingerprint density at radius 3 is 2.85 bits per heavy atom. The van der Waals surface area contributed by atoms with Gasteiger partial charge in [0.05, 0.1) is 29.6 Å². The number of aromatic nitrogens is 2. The molecular weight excluding hydrogens is 326 g/mol. The average Bonchev–Trinajstić information content (AvgIpc) is 3.05. The number of methoxy groups -OCH3 is 1. The standard InChI is InChI=1S/C21H19N3O2/c1-26-11-10-24-14-18(17-7-3-5-9-20(17)24)21(25)23-16-12-15-6-2-4-8-19(15)22-13-16/h2-9,12-14H,10-11H2,1H3,(H,23,25). The molecule has 0 unspecified atom stereocenters. The molecular formula is C21H19N3O2. The number of amides is 1. The summed E-state index contributed by atoms with van der Waals surface area (Å²) < 4.78 is 7.22. The van der Waals surface area contributed by atoms with E-state index in [9.17, 15) is 4.79 Å². The number of ether oxygens (including phenoxy) is 1. The normalized spacial score (nSPS) is 11.1. The Morgan fingerprint density at radius 1 is 1.15 bits per heavy atom.